The zero-order valence-corrected chi connectivity index (χ0v) is 17.5. The fraction of sp³-hybridized carbons (Fsp3) is 0.560. The number of rotatable bonds is 16. The molecule has 156 valence electrons. The predicted octanol–water partition coefficient (Wildman–Crippen LogP) is 6.93. The number of ether oxygens (including phenoxy) is 1. The van der Waals surface area contributed by atoms with Gasteiger partial charge in [-0.25, -0.2) is 4.79 Å². The van der Waals surface area contributed by atoms with Gasteiger partial charge in [-0.3, -0.25) is 0 Å². The van der Waals surface area contributed by atoms with Gasteiger partial charge in [-0.15, -0.1) is 0 Å². The second-order valence-corrected chi connectivity index (χ2v) is 7.21. The fourth-order valence-electron chi connectivity index (χ4n) is 2.92. The maximum atomic E-state index is 11.2. The van der Waals surface area contributed by atoms with E-state index in [4.69, 9.17) is 4.74 Å². The molecule has 0 heterocycles. The summed E-state index contributed by atoms with van der Waals surface area (Å²) in [6, 6.07) is 0. The van der Waals surface area contributed by atoms with Gasteiger partial charge in [-0.1, -0.05) is 67.7 Å². The van der Waals surface area contributed by atoms with Gasteiger partial charge < -0.3 is 9.84 Å². The van der Waals surface area contributed by atoms with Crippen LogP contribution < -0.4 is 0 Å². The van der Waals surface area contributed by atoms with Crippen LogP contribution in [0.3, 0.4) is 0 Å². The third-order valence-electron chi connectivity index (χ3n) is 4.85. The molecule has 0 atom stereocenters. The first kappa shape index (κ1) is 24.2. The summed E-state index contributed by atoms with van der Waals surface area (Å²) in [7, 11) is 0. The number of carbonyl (C=O) groups is 1. The molecule has 0 bridgehead atoms. The molecule has 3 heteroatoms. The SMILES string of the molecule is CCC=CCC=CCC=CCC=CCC=CCCCCOC1(C(=O)O)CCC1. The molecule has 0 aliphatic heterocycles. The van der Waals surface area contributed by atoms with E-state index in [2.05, 4.69) is 67.7 Å². The van der Waals surface area contributed by atoms with Gasteiger partial charge in [0.05, 0.1) is 0 Å². The summed E-state index contributed by atoms with van der Waals surface area (Å²) in [5.74, 6) is -0.795. The number of hydrogen-bond donors (Lipinski definition) is 1. The topological polar surface area (TPSA) is 46.5 Å². The highest BCUT2D eigenvalue weighted by molar-refractivity contribution is 5.78. The van der Waals surface area contributed by atoms with Crippen molar-refractivity contribution in [3.05, 3.63) is 60.8 Å². The maximum Gasteiger partial charge on any atom is 0.335 e. The van der Waals surface area contributed by atoms with E-state index in [0.29, 0.717) is 19.4 Å². The number of unbranched alkanes of at least 4 members (excludes halogenated alkanes) is 2. The Kier molecular flexibility index (Phi) is 13.9. The molecule has 1 aliphatic carbocycles. The van der Waals surface area contributed by atoms with E-state index >= 15 is 0 Å². The molecule has 3 nitrogen and oxygen atoms in total. The van der Waals surface area contributed by atoms with Crippen LogP contribution in [0.1, 0.15) is 77.6 Å². The first-order valence-electron chi connectivity index (χ1n) is 10.8. The fourth-order valence-corrected chi connectivity index (χ4v) is 2.92. The molecular formula is C25H38O3. The van der Waals surface area contributed by atoms with Crippen LogP contribution in [0.2, 0.25) is 0 Å². The third kappa shape index (κ3) is 11.1. The molecule has 0 spiro atoms. The van der Waals surface area contributed by atoms with Gasteiger partial charge in [0.2, 0.25) is 0 Å². The molecule has 0 saturated heterocycles. The Hall–Kier alpha value is -1.87. The van der Waals surface area contributed by atoms with Crippen molar-refractivity contribution in [2.75, 3.05) is 6.61 Å². The van der Waals surface area contributed by atoms with E-state index in [0.717, 1.165) is 57.8 Å². The molecular weight excluding hydrogens is 348 g/mol. The normalized spacial score (nSPS) is 16.9. The number of carboxylic acids is 1. The van der Waals surface area contributed by atoms with Crippen LogP contribution in [0, 0.1) is 0 Å². The summed E-state index contributed by atoms with van der Waals surface area (Å²) in [5, 5.41) is 9.18. The Balaban J connectivity index is 1.92. The summed E-state index contributed by atoms with van der Waals surface area (Å²) in [5.41, 5.74) is -0.864. The Morgan fingerprint density at radius 3 is 1.75 bits per heavy atom. The smallest absolute Gasteiger partial charge is 0.335 e. The van der Waals surface area contributed by atoms with Crippen molar-refractivity contribution in [1.29, 1.82) is 0 Å². The third-order valence-corrected chi connectivity index (χ3v) is 4.85. The average Bonchev–Trinajstić information content (AvgIpc) is 2.65. The second kappa shape index (κ2) is 16.1. The second-order valence-electron chi connectivity index (χ2n) is 7.21. The lowest BCUT2D eigenvalue weighted by atomic mass is 9.80. The molecule has 1 fully saturated rings. The van der Waals surface area contributed by atoms with Crippen molar-refractivity contribution in [1.82, 2.24) is 0 Å². The van der Waals surface area contributed by atoms with Crippen LogP contribution in [0.5, 0.6) is 0 Å². The highest BCUT2D eigenvalue weighted by atomic mass is 16.5. The molecule has 0 aromatic carbocycles. The van der Waals surface area contributed by atoms with Gasteiger partial charge in [0, 0.05) is 6.61 Å². The van der Waals surface area contributed by atoms with Crippen LogP contribution >= 0.6 is 0 Å². The highest BCUT2D eigenvalue weighted by Gasteiger charge is 2.45. The molecule has 0 aromatic rings. The first-order chi connectivity index (χ1) is 13.7. The highest BCUT2D eigenvalue weighted by Crippen LogP contribution is 2.35. The van der Waals surface area contributed by atoms with Crippen molar-refractivity contribution in [3.63, 3.8) is 0 Å². The molecule has 0 radical (unpaired) electrons. The van der Waals surface area contributed by atoms with E-state index < -0.39 is 11.6 Å². The van der Waals surface area contributed by atoms with Crippen LogP contribution in [0.15, 0.2) is 60.8 Å². The molecule has 0 aromatic heterocycles. The van der Waals surface area contributed by atoms with Gasteiger partial charge in [0.1, 0.15) is 0 Å². The van der Waals surface area contributed by atoms with E-state index in [1.54, 1.807) is 0 Å². The lowest BCUT2D eigenvalue weighted by Crippen LogP contribution is -2.47. The standard InChI is InChI=1S/C25H38O3/c1-2-3-4-5-6-7-8-9-10-11-12-13-14-15-16-17-18-19-23-28-25(24(26)27)21-20-22-25/h3-4,6-7,9-10,12-13,15-16H,2,5,8,11,14,17-23H2,1H3,(H,26,27). The summed E-state index contributed by atoms with van der Waals surface area (Å²) in [6.07, 6.45) is 32.4. The van der Waals surface area contributed by atoms with Crippen molar-refractivity contribution in [3.8, 4) is 0 Å². The van der Waals surface area contributed by atoms with E-state index in [-0.39, 0.29) is 0 Å². The summed E-state index contributed by atoms with van der Waals surface area (Å²) in [4.78, 5) is 11.2. The van der Waals surface area contributed by atoms with Gasteiger partial charge in [-0.2, -0.15) is 0 Å². The molecule has 0 amide bonds. The Labute approximate surface area is 171 Å². The van der Waals surface area contributed by atoms with Crippen molar-refractivity contribution < 1.29 is 14.6 Å². The van der Waals surface area contributed by atoms with E-state index in [9.17, 15) is 9.90 Å². The minimum absolute atomic E-state index is 0.553. The monoisotopic (exact) mass is 386 g/mol. The lowest BCUT2D eigenvalue weighted by molar-refractivity contribution is -0.179. The minimum atomic E-state index is -0.864. The lowest BCUT2D eigenvalue weighted by Gasteiger charge is -2.37. The van der Waals surface area contributed by atoms with Crippen molar-refractivity contribution in [2.24, 2.45) is 0 Å². The quantitative estimate of drug-likeness (QED) is 0.231. The molecule has 28 heavy (non-hydrogen) atoms. The van der Waals surface area contributed by atoms with E-state index in [1.807, 2.05) is 0 Å². The molecule has 1 N–H and O–H groups in total. The zero-order chi connectivity index (χ0) is 20.3. The Bertz CT molecular complexity index is 548. The number of allylic oxidation sites excluding steroid dienone is 10. The molecule has 1 aliphatic rings. The Morgan fingerprint density at radius 2 is 1.32 bits per heavy atom. The zero-order valence-electron chi connectivity index (χ0n) is 17.5. The molecule has 1 saturated carbocycles. The van der Waals surface area contributed by atoms with Crippen LogP contribution in [0.4, 0.5) is 0 Å². The summed E-state index contributed by atoms with van der Waals surface area (Å²) in [6.45, 7) is 2.70. The van der Waals surface area contributed by atoms with Crippen LogP contribution in [0.25, 0.3) is 0 Å². The van der Waals surface area contributed by atoms with Gasteiger partial charge in [-0.05, 0) is 70.6 Å². The van der Waals surface area contributed by atoms with Gasteiger partial charge in [0.25, 0.3) is 0 Å². The van der Waals surface area contributed by atoms with Crippen LogP contribution in [-0.4, -0.2) is 23.3 Å². The maximum absolute atomic E-state index is 11.2. The number of carboxylic acid groups (broad SMARTS) is 1. The predicted molar refractivity (Wildman–Crippen MR) is 118 cm³/mol. The Morgan fingerprint density at radius 1 is 0.821 bits per heavy atom. The van der Waals surface area contributed by atoms with E-state index in [1.165, 1.54) is 0 Å². The summed E-state index contributed by atoms with van der Waals surface area (Å²) >= 11 is 0. The molecule has 0 unspecified atom stereocenters. The largest absolute Gasteiger partial charge is 0.479 e. The number of hydrogen-bond acceptors (Lipinski definition) is 2. The average molecular weight is 387 g/mol. The van der Waals surface area contributed by atoms with Gasteiger partial charge >= 0.3 is 5.97 Å². The minimum Gasteiger partial charge on any atom is -0.479 e. The molecule has 1 rings (SSSR count). The van der Waals surface area contributed by atoms with Gasteiger partial charge in [0.15, 0.2) is 5.60 Å². The summed E-state index contributed by atoms with van der Waals surface area (Å²) < 4.78 is 5.61. The first-order valence-corrected chi connectivity index (χ1v) is 10.8. The van der Waals surface area contributed by atoms with Crippen LogP contribution in [-0.2, 0) is 9.53 Å². The van der Waals surface area contributed by atoms with Crippen molar-refractivity contribution >= 4 is 5.97 Å². The van der Waals surface area contributed by atoms with Crippen molar-refractivity contribution in [2.45, 2.75) is 83.2 Å². The number of aliphatic carboxylic acids is 1.